The normalized spacial score (nSPS) is 12.6. The van der Waals surface area contributed by atoms with E-state index in [2.05, 4.69) is 50.7 Å². The molecule has 1 aromatic carbocycles. The van der Waals surface area contributed by atoms with Gasteiger partial charge in [0.1, 0.15) is 5.82 Å². The predicted octanol–water partition coefficient (Wildman–Crippen LogP) is 4.21. The second-order valence-corrected chi connectivity index (χ2v) is 5.93. The number of hydrogen-bond acceptors (Lipinski definition) is 2. The molecule has 108 valence electrons. The maximum absolute atomic E-state index is 6.38. The molecule has 0 fully saturated rings. The molecule has 2 rings (SSSR count). The number of halogens is 2. The van der Waals surface area contributed by atoms with Crippen LogP contribution in [0.1, 0.15) is 31.3 Å². The number of nitrogens with one attached hydrogen (secondary N) is 1. The van der Waals surface area contributed by atoms with E-state index in [1.165, 1.54) is 0 Å². The van der Waals surface area contributed by atoms with E-state index < -0.39 is 0 Å². The molecule has 0 aliphatic heterocycles. The quantitative estimate of drug-likeness (QED) is 0.840. The number of rotatable bonds is 6. The first-order chi connectivity index (χ1) is 9.65. The highest BCUT2D eigenvalue weighted by Crippen LogP contribution is 2.28. The third-order valence-electron chi connectivity index (χ3n) is 3.32. The highest BCUT2D eigenvalue weighted by atomic mass is 79.9. The van der Waals surface area contributed by atoms with Crippen LogP contribution in [0, 0.1) is 0 Å². The van der Waals surface area contributed by atoms with E-state index in [-0.39, 0.29) is 6.04 Å². The molecule has 0 radical (unpaired) electrons. The number of nitrogens with zero attached hydrogens (tertiary/aromatic N) is 2. The molecule has 5 heteroatoms. The minimum Gasteiger partial charge on any atom is -0.335 e. The topological polar surface area (TPSA) is 29.9 Å². The second-order valence-electron chi connectivity index (χ2n) is 4.61. The lowest BCUT2D eigenvalue weighted by Crippen LogP contribution is -2.24. The van der Waals surface area contributed by atoms with Gasteiger partial charge in [-0.3, -0.25) is 0 Å². The molecule has 1 aromatic heterocycles. The fraction of sp³-hybridized carbons (Fsp3) is 0.400. The molecule has 0 spiro atoms. The van der Waals surface area contributed by atoms with Gasteiger partial charge in [-0.1, -0.05) is 40.5 Å². The van der Waals surface area contributed by atoms with Crippen LogP contribution in [0.3, 0.4) is 0 Å². The van der Waals surface area contributed by atoms with Crippen molar-refractivity contribution in [3.05, 3.63) is 51.5 Å². The summed E-state index contributed by atoms with van der Waals surface area (Å²) in [4.78, 5) is 4.45. The first-order valence-corrected chi connectivity index (χ1v) is 8.01. The van der Waals surface area contributed by atoms with Crippen LogP contribution in [0.5, 0.6) is 0 Å². The first-order valence-electron chi connectivity index (χ1n) is 6.84. The third kappa shape index (κ3) is 3.62. The average Bonchev–Trinajstić information content (AvgIpc) is 2.85. The minimum atomic E-state index is 0.174. The standard InChI is InChI=1S/C15H19BrClN3/c1-3-18-14(10-15-19-7-8-20(15)4-2)12-6-5-11(16)9-13(12)17/h5-9,14,18H,3-4,10H2,1-2H3. The number of aromatic nitrogens is 2. The van der Waals surface area contributed by atoms with Crippen LogP contribution in [0.2, 0.25) is 5.02 Å². The summed E-state index contributed by atoms with van der Waals surface area (Å²) in [5.41, 5.74) is 1.11. The number of hydrogen-bond donors (Lipinski definition) is 1. The summed E-state index contributed by atoms with van der Waals surface area (Å²) in [6.45, 7) is 6.05. The lowest BCUT2D eigenvalue weighted by atomic mass is 10.0. The average molecular weight is 357 g/mol. The summed E-state index contributed by atoms with van der Waals surface area (Å²) in [6.07, 6.45) is 4.70. The first kappa shape index (κ1) is 15.5. The van der Waals surface area contributed by atoms with E-state index in [1.807, 2.05) is 24.5 Å². The van der Waals surface area contributed by atoms with Gasteiger partial charge >= 0.3 is 0 Å². The molecule has 3 nitrogen and oxygen atoms in total. The van der Waals surface area contributed by atoms with Gasteiger partial charge in [-0.05, 0) is 31.2 Å². The molecule has 1 N–H and O–H groups in total. The molecule has 0 amide bonds. The third-order valence-corrected chi connectivity index (χ3v) is 4.14. The van der Waals surface area contributed by atoms with Crippen molar-refractivity contribution in [1.29, 1.82) is 0 Å². The summed E-state index contributed by atoms with van der Waals surface area (Å²) in [7, 11) is 0. The zero-order chi connectivity index (χ0) is 14.5. The molecule has 2 aromatic rings. The van der Waals surface area contributed by atoms with Crippen LogP contribution in [0.25, 0.3) is 0 Å². The van der Waals surface area contributed by atoms with Crippen molar-refractivity contribution in [1.82, 2.24) is 14.9 Å². The summed E-state index contributed by atoms with van der Waals surface area (Å²) >= 11 is 9.82. The van der Waals surface area contributed by atoms with Gasteiger partial charge in [0, 0.05) is 40.9 Å². The van der Waals surface area contributed by atoms with Crippen molar-refractivity contribution in [3.8, 4) is 0 Å². The molecular weight excluding hydrogens is 338 g/mol. The molecule has 1 heterocycles. The molecule has 1 atom stereocenters. The van der Waals surface area contributed by atoms with E-state index in [1.54, 1.807) is 0 Å². The monoisotopic (exact) mass is 355 g/mol. The molecule has 1 unspecified atom stereocenters. The SMILES string of the molecule is CCNC(Cc1nccn1CC)c1ccc(Br)cc1Cl. The Labute approximate surface area is 133 Å². The van der Waals surface area contributed by atoms with Crippen molar-refractivity contribution in [2.75, 3.05) is 6.54 Å². The fourth-order valence-electron chi connectivity index (χ4n) is 2.32. The smallest absolute Gasteiger partial charge is 0.110 e. The molecule has 0 saturated heterocycles. The Morgan fingerprint density at radius 3 is 2.85 bits per heavy atom. The predicted molar refractivity (Wildman–Crippen MR) is 87.2 cm³/mol. The number of imidazole rings is 1. The number of likely N-dealkylation sites (N-methyl/N-ethyl adjacent to an activating group) is 1. The van der Waals surface area contributed by atoms with Crippen molar-refractivity contribution in [2.24, 2.45) is 0 Å². The van der Waals surface area contributed by atoms with Crippen LogP contribution >= 0.6 is 27.5 Å². The van der Waals surface area contributed by atoms with Gasteiger partial charge in [0.15, 0.2) is 0 Å². The Hall–Kier alpha value is -0.840. The van der Waals surface area contributed by atoms with Crippen LogP contribution in [0.4, 0.5) is 0 Å². The largest absolute Gasteiger partial charge is 0.335 e. The minimum absolute atomic E-state index is 0.174. The van der Waals surface area contributed by atoms with Crippen LogP contribution in [-0.2, 0) is 13.0 Å². The van der Waals surface area contributed by atoms with Gasteiger partial charge in [0.25, 0.3) is 0 Å². The van der Waals surface area contributed by atoms with E-state index in [0.29, 0.717) is 0 Å². The Morgan fingerprint density at radius 2 is 2.20 bits per heavy atom. The van der Waals surface area contributed by atoms with Gasteiger partial charge in [0.2, 0.25) is 0 Å². The van der Waals surface area contributed by atoms with E-state index in [0.717, 1.165) is 40.4 Å². The molecule has 0 bridgehead atoms. The molecule has 0 aliphatic carbocycles. The molecule has 20 heavy (non-hydrogen) atoms. The van der Waals surface area contributed by atoms with Gasteiger partial charge < -0.3 is 9.88 Å². The van der Waals surface area contributed by atoms with E-state index >= 15 is 0 Å². The molecule has 0 saturated carbocycles. The lowest BCUT2D eigenvalue weighted by molar-refractivity contribution is 0.522. The Balaban J connectivity index is 2.27. The second kappa shape index (κ2) is 7.25. The van der Waals surface area contributed by atoms with Crippen LogP contribution in [0.15, 0.2) is 35.1 Å². The summed E-state index contributed by atoms with van der Waals surface area (Å²) in [6, 6.07) is 6.21. The highest BCUT2D eigenvalue weighted by Gasteiger charge is 2.17. The Kier molecular flexibility index (Phi) is 5.64. The van der Waals surface area contributed by atoms with Gasteiger partial charge in [0.05, 0.1) is 0 Å². The Bertz CT molecular complexity index is 568. The summed E-state index contributed by atoms with van der Waals surface area (Å²) in [5.74, 6) is 1.08. The van der Waals surface area contributed by atoms with Gasteiger partial charge in [-0.25, -0.2) is 4.98 Å². The van der Waals surface area contributed by atoms with Crippen molar-refractivity contribution >= 4 is 27.5 Å². The fourth-order valence-corrected chi connectivity index (χ4v) is 3.13. The van der Waals surface area contributed by atoms with Gasteiger partial charge in [-0.2, -0.15) is 0 Å². The van der Waals surface area contributed by atoms with Crippen LogP contribution in [-0.4, -0.2) is 16.1 Å². The lowest BCUT2D eigenvalue weighted by Gasteiger charge is -2.20. The molecule has 0 aliphatic rings. The maximum atomic E-state index is 6.38. The van der Waals surface area contributed by atoms with Crippen molar-refractivity contribution in [2.45, 2.75) is 32.9 Å². The number of benzene rings is 1. The van der Waals surface area contributed by atoms with Crippen LogP contribution < -0.4 is 5.32 Å². The zero-order valence-corrected chi connectivity index (χ0v) is 14.1. The Morgan fingerprint density at radius 1 is 1.40 bits per heavy atom. The molecular formula is C15H19BrClN3. The van der Waals surface area contributed by atoms with Crippen molar-refractivity contribution < 1.29 is 0 Å². The maximum Gasteiger partial charge on any atom is 0.110 e. The van der Waals surface area contributed by atoms with Crippen molar-refractivity contribution in [3.63, 3.8) is 0 Å². The van der Waals surface area contributed by atoms with E-state index in [9.17, 15) is 0 Å². The summed E-state index contributed by atoms with van der Waals surface area (Å²) in [5, 5.41) is 4.27. The van der Waals surface area contributed by atoms with Gasteiger partial charge in [-0.15, -0.1) is 0 Å². The zero-order valence-electron chi connectivity index (χ0n) is 11.7. The highest BCUT2D eigenvalue weighted by molar-refractivity contribution is 9.10. The number of aryl methyl sites for hydroxylation is 1. The van der Waals surface area contributed by atoms with E-state index in [4.69, 9.17) is 11.6 Å². The summed E-state index contributed by atoms with van der Waals surface area (Å²) < 4.78 is 3.16.